The summed E-state index contributed by atoms with van der Waals surface area (Å²) in [5.74, 6) is 0.767. The highest BCUT2D eigenvalue weighted by Gasteiger charge is 2.59. The predicted octanol–water partition coefficient (Wildman–Crippen LogP) is 2.71. The van der Waals surface area contributed by atoms with E-state index in [0.29, 0.717) is 35.4 Å². The lowest BCUT2D eigenvalue weighted by Gasteiger charge is -2.61. The zero-order valence-corrected chi connectivity index (χ0v) is 14.6. The number of ether oxygens (including phenoxy) is 1. The van der Waals surface area contributed by atoms with Crippen molar-refractivity contribution in [3.63, 3.8) is 0 Å². The van der Waals surface area contributed by atoms with Crippen molar-refractivity contribution in [1.29, 1.82) is 0 Å². The molecule has 1 spiro atoms. The van der Waals surface area contributed by atoms with Crippen molar-refractivity contribution in [2.45, 2.75) is 82.9 Å². The number of amides is 1. The minimum absolute atomic E-state index is 0.331. The van der Waals surface area contributed by atoms with Crippen LogP contribution in [0, 0.1) is 11.3 Å². The Balaban J connectivity index is 1.28. The first-order valence-corrected chi connectivity index (χ1v) is 9.89. The zero-order valence-electron chi connectivity index (χ0n) is 14.6. The van der Waals surface area contributed by atoms with Crippen LogP contribution in [0.4, 0.5) is 0 Å². The van der Waals surface area contributed by atoms with Gasteiger partial charge >= 0.3 is 0 Å². The lowest BCUT2D eigenvalue weighted by molar-refractivity contribution is -0.174. The number of hydrogen-bond acceptors (Lipinski definition) is 3. The molecule has 4 aliphatic rings. The summed E-state index contributed by atoms with van der Waals surface area (Å²) in [7, 11) is 0. The molecule has 3 aliphatic carbocycles. The van der Waals surface area contributed by atoms with Crippen LogP contribution in [0.1, 0.15) is 64.7 Å². The summed E-state index contributed by atoms with van der Waals surface area (Å²) in [5, 5.41) is 3.90. The molecule has 4 nitrogen and oxygen atoms in total. The highest BCUT2D eigenvalue weighted by atomic mass is 16.5. The van der Waals surface area contributed by atoms with Gasteiger partial charge in [0.15, 0.2) is 0 Å². The minimum atomic E-state index is 0.331. The smallest absolute Gasteiger partial charge is 0.225 e. The number of rotatable bonds is 5. The minimum Gasteiger partial charge on any atom is -0.378 e. The topological polar surface area (TPSA) is 41.6 Å². The van der Waals surface area contributed by atoms with Gasteiger partial charge in [-0.15, -0.1) is 0 Å². The molecule has 3 saturated carbocycles. The average molecular weight is 320 g/mol. The molecule has 1 aliphatic heterocycles. The van der Waals surface area contributed by atoms with E-state index in [4.69, 9.17) is 4.74 Å². The van der Waals surface area contributed by atoms with E-state index in [1.54, 1.807) is 0 Å². The van der Waals surface area contributed by atoms with E-state index in [9.17, 15) is 4.79 Å². The third-order valence-corrected chi connectivity index (χ3v) is 7.08. The Bertz CT molecular complexity index is 443. The number of carbonyl (C=O) groups excluding carboxylic acids is 1. The van der Waals surface area contributed by atoms with Gasteiger partial charge in [0.05, 0.1) is 6.10 Å². The average Bonchev–Trinajstić information content (AvgIpc) is 3.15. The van der Waals surface area contributed by atoms with Gasteiger partial charge in [0.2, 0.25) is 5.91 Å². The van der Waals surface area contributed by atoms with Crippen LogP contribution in [0.2, 0.25) is 0 Å². The summed E-state index contributed by atoms with van der Waals surface area (Å²) in [4.78, 5) is 14.7. The van der Waals surface area contributed by atoms with Crippen LogP contribution in [0.15, 0.2) is 0 Å². The maximum Gasteiger partial charge on any atom is 0.225 e. The van der Waals surface area contributed by atoms with Crippen molar-refractivity contribution in [1.82, 2.24) is 10.2 Å². The molecule has 130 valence electrons. The molecule has 1 N–H and O–H groups in total. The Hall–Kier alpha value is -0.610. The number of nitrogens with zero attached hydrogens (tertiary/aromatic N) is 1. The third kappa shape index (κ3) is 2.72. The van der Waals surface area contributed by atoms with Gasteiger partial charge in [-0.3, -0.25) is 4.79 Å². The van der Waals surface area contributed by atoms with Crippen molar-refractivity contribution < 1.29 is 9.53 Å². The molecule has 4 fully saturated rings. The highest BCUT2D eigenvalue weighted by molar-refractivity contribution is 5.79. The first-order valence-electron chi connectivity index (χ1n) is 9.89. The van der Waals surface area contributed by atoms with Crippen LogP contribution in [0.25, 0.3) is 0 Å². The van der Waals surface area contributed by atoms with Crippen molar-refractivity contribution in [3.8, 4) is 0 Å². The highest BCUT2D eigenvalue weighted by Crippen LogP contribution is 2.57. The van der Waals surface area contributed by atoms with Gasteiger partial charge in [-0.25, -0.2) is 0 Å². The quantitative estimate of drug-likeness (QED) is 0.847. The first-order chi connectivity index (χ1) is 11.2. The van der Waals surface area contributed by atoms with E-state index in [1.807, 2.05) is 0 Å². The Kier molecular flexibility index (Phi) is 4.39. The zero-order chi connectivity index (χ0) is 15.9. The fraction of sp³-hybridized carbons (Fsp3) is 0.947. The summed E-state index contributed by atoms with van der Waals surface area (Å²) >= 11 is 0. The van der Waals surface area contributed by atoms with Crippen LogP contribution >= 0.6 is 0 Å². The van der Waals surface area contributed by atoms with Gasteiger partial charge in [0.1, 0.15) is 0 Å². The molecule has 23 heavy (non-hydrogen) atoms. The molecule has 0 aromatic carbocycles. The number of hydrogen-bond donors (Lipinski definition) is 1. The van der Waals surface area contributed by atoms with Crippen LogP contribution < -0.4 is 5.32 Å². The van der Waals surface area contributed by atoms with Crippen molar-refractivity contribution in [2.75, 3.05) is 19.7 Å². The van der Waals surface area contributed by atoms with E-state index in [1.165, 1.54) is 38.5 Å². The van der Waals surface area contributed by atoms with Crippen LogP contribution in [-0.2, 0) is 9.53 Å². The Labute approximate surface area is 140 Å². The van der Waals surface area contributed by atoms with E-state index >= 15 is 0 Å². The summed E-state index contributed by atoms with van der Waals surface area (Å²) < 4.78 is 5.95. The lowest BCUT2D eigenvalue weighted by atomic mass is 9.51. The molecule has 4 heteroatoms. The second kappa shape index (κ2) is 6.36. The SMILES string of the molecule is CCOC1CC(NC2CCN(C(=O)C3CCCC3)C2)C12CCC2. The Morgan fingerprint density at radius 3 is 2.65 bits per heavy atom. The molecule has 3 atom stereocenters. The predicted molar refractivity (Wildman–Crippen MR) is 90.2 cm³/mol. The first kappa shape index (κ1) is 15.9. The van der Waals surface area contributed by atoms with Gasteiger partial charge in [0.25, 0.3) is 0 Å². The van der Waals surface area contributed by atoms with Crippen molar-refractivity contribution in [3.05, 3.63) is 0 Å². The standard InChI is InChI=1S/C19H32N2O2/c1-2-23-17-12-16(19(17)9-5-10-19)20-15-8-11-21(13-15)18(22)14-6-3-4-7-14/h14-17,20H,2-13H2,1H3. The molecule has 1 heterocycles. The Morgan fingerprint density at radius 1 is 1.22 bits per heavy atom. The van der Waals surface area contributed by atoms with Gasteiger partial charge in [-0.2, -0.15) is 0 Å². The normalized spacial score (nSPS) is 36.2. The van der Waals surface area contributed by atoms with Gasteiger partial charge < -0.3 is 15.0 Å². The summed E-state index contributed by atoms with van der Waals surface area (Å²) in [6, 6.07) is 1.13. The van der Waals surface area contributed by atoms with E-state index in [-0.39, 0.29) is 0 Å². The van der Waals surface area contributed by atoms with Gasteiger partial charge in [-0.1, -0.05) is 19.3 Å². The second-order valence-electron chi connectivity index (χ2n) is 8.24. The fourth-order valence-electron chi connectivity index (χ4n) is 5.48. The second-order valence-corrected chi connectivity index (χ2v) is 8.24. The molecule has 3 unspecified atom stereocenters. The fourth-order valence-corrected chi connectivity index (χ4v) is 5.48. The molecule has 1 saturated heterocycles. The molecule has 4 rings (SSSR count). The lowest BCUT2D eigenvalue weighted by Crippen LogP contribution is -2.68. The van der Waals surface area contributed by atoms with E-state index in [0.717, 1.165) is 39.0 Å². The molecule has 0 aromatic rings. The molecule has 0 aromatic heterocycles. The Morgan fingerprint density at radius 2 is 2.00 bits per heavy atom. The number of nitrogens with one attached hydrogen (secondary N) is 1. The summed E-state index contributed by atoms with van der Waals surface area (Å²) in [6.45, 7) is 4.84. The van der Waals surface area contributed by atoms with Gasteiger partial charge in [-0.05, 0) is 45.4 Å². The maximum absolute atomic E-state index is 12.6. The summed E-state index contributed by atoms with van der Waals surface area (Å²) in [5.41, 5.74) is 0.429. The molecule has 0 radical (unpaired) electrons. The molecule has 0 bridgehead atoms. The maximum atomic E-state index is 12.6. The van der Waals surface area contributed by atoms with Gasteiger partial charge in [0, 0.05) is 43.1 Å². The molecular formula is C19H32N2O2. The van der Waals surface area contributed by atoms with E-state index < -0.39 is 0 Å². The largest absolute Gasteiger partial charge is 0.378 e. The monoisotopic (exact) mass is 320 g/mol. The summed E-state index contributed by atoms with van der Waals surface area (Å²) in [6.07, 6.45) is 11.5. The van der Waals surface area contributed by atoms with Crippen LogP contribution in [0.5, 0.6) is 0 Å². The number of carbonyl (C=O) groups is 1. The number of likely N-dealkylation sites (tertiary alicyclic amines) is 1. The van der Waals surface area contributed by atoms with Crippen LogP contribution in [0.3, 0.4) is 0 Å². The molecule has 1 amide bonds. The van der Waals surface area contributed by atoms with Crippen LogP contribution in [-0.4, -0.2) is 48.7 Å². The molecular weight excluding hydrogens is 288 g/mol. The third-order valence-electron chi connectivity index (χ3n) is 7.08. The van der Waals surface area contributed by atoms with Crippen molar-refractivity contribution >= 4 is 5.91 Å². The van der Waals surface area contributed by atoms with Crippen molar-refractivity contribution in [2.24, 2.45) is 11.3 Å². The van der Waals surface area contributed by atoms with E-state index in [2.05, 4.69) is 17.1 Å².